The molecule has 0 saturated carbocycles. The number of hydrogen-bond donors (Lipinski definition) is 0. The topological polar surface area (TPSA) is 19.4 Å². The third kappa shape index (κ3) is 2.36. The van der Waals surface area contributed by atoms with E-state index >= 15 is 0 Å². The van der Waals surface area contributed by atoms with Crippen molar-refractivity contribution in [3.05, 3.63) is 22.4 Å². The first-order valence-electron chi connectivity index (χ1n) is 4.91. The molecule has 2 rings (SSSR count). The van der Waals surface area contributed by atoms with Gasteiger partial charge in [0.15, 0.2) is 0 Å². The van der Waals surface area contributed by atoms with Crippen molar-refractivity contribution in [1.29, 1.82) is 0 Å². The minimum Gasteiger partial charge on any atom is -0.366 e. The first-order chi connectivity index (χ1) is 7.18. The number of hydrogen-bond acceptors (Lipinski definition) is 3. The summed E-state index contributed by atoms with van der Waals surface area (Å²) >= 11 is 12.2. The van der Waals surface area contributed by atoms with Gasteiger partial charge >= 0.3 is 0 Å². The third-order valence-electron chi connectivity index (χ3n) is 2.65. The molecule has 0 N–H and O–H groups in total. The lowest BCUT2D eigenvalue weighted by Crippen LogP contribution is -2.44. The van der Waals surface area contributed by atoms with Crippen molar-refractivity contribution >= 4 is 28.9 Å². The molecule has 0 atom stereocenters. The van der Waals surface area contributed by atoms with Crippen molar-refractivity contribution in [2.24, 2.45) is 0 Å². The standard InChI is InChI=1S/C10H13Cl2N3/c1-14-2-4-15(5-3-14)10-8(11)6-13-7-9(10)12/h6-7H,2-5H2,1H3. The number of halogens is 2. The molecule has 82 valence electrons. The third-order valence-corrected chi connectivity index (χ3v) is 3.20. The lowest BCUT2D eigenvalue weighted by atomic mass is 10.3. The fourth-order valence-corrected chi connectivity index (χ4v) is 2.34. The van der Waals surface area contributed by atoms with E-state index in [9.17, 15) is 0 Å². The highest BCUT2D eigenvalue weighted by atomic mass is 35.5. The Hall–Kier alpha value is -0.510. The molecule has 0 aliphatic carbocycles. The molecule has 0 bridgehead atoms. The van der Waals surface area contributed by atoms with E-state index < -0.39 is 0 Å². The first kappa shape index (κ1) is 11.0. The summed E-state index contributed by atoms with van der Waals surface area (Å²) in [6.07, 6.45) is 3.28. The van der Waals surface area contributed by atoms with Gasteiger partial charge in [0.1, 0.15) is 0 Å². The average molecular weight is 246 g/mol. The molecule has 1 aliphatic heterocycles. The van der Waals surface area contributed by atoms with Crippen molar-refractivity contribution in [2.75, 3.05) is 38.1 Å². The molecule has 15 heavy (non-hydrogen) atoms. The molecular formula is C10H13Cl2N3. The van der Waals surface area contributed by atoms with E-state index in [1.165, 1.54) is 0 Å². The van der Waals surface area contributed by atoms with Crippen LogP contribution in [-0.2, 0) is 0 Å². The van der Waals surface area contributed by atoms with Gasteiger partial charge in [0.05, 0.1) is 15.7 Å². The summed E-state index contributed by atoms with van der Waals surface area (Å²) in [6.45, 7) is 3.99. The van der Waals surface area contributed by atoms with Gasteiger partial charge < -0.3 is 9.80 Å². The maximum absolute atomic E-state index is 6.10. The maximum atomic E-state index is 6.10. The molecule has 1 fully saturated rings. The number of rotatable bonds is 1. The normalized spacial score (nSPS) is 18.2. The zero-order chi connectivity index (χ0) is 10.8. The second-order valence-electron chi connectivity index (χ2n) is 3.74. The Morgan fingerprint density at radius 3 is 2.13 bits per heavy atom. The van der Waals surface area contributed by atoms with Crippen molar-refractivity contribution in [2.45, 2.75) is 0 Å². The Bertz CT molecular complexity index is 328. The van der Waals surface area contributed by atoms with E-state index in [-0.39, 0.29) is 0 Å². The van der Waals surface area contributed by atoms with Gasteiger partial charge in [-0.3, -0.25) is 4.98 Å². The van der Waals surface area contributed by atoms with Crippen LogP contribution in [-0.4, -0.2) is 43.1 Å². The molecule has 0 aromatic carbocycles. The summed E-state index contributed by atoms with van der Waals surface area (Å²) < 4.78 is 0. The molecule has 1 aliphatic rings. The van der Waals surface area contributed by atoms with Crippen LogP contribution in [0.15, 0.2) is 12.4 Å². The number of piperazine rings is 1. The summed E-state index contributed by atoms with van der Waals surface area (Å²) in [7, 11) is 2.12. The summed E-state index contributed by atoms with van der Waals surface area (Å²) in [6, 6.07) is 0. The minimum absolute atomic E-state index is 0.632. The second kappa shape index (κ2) is 4.56. The zero-order valence-electron chi connectivity index (χ0n) is 8.58. The number of aromatic nitrogens is 1. The van der Waals surface area contributed by atoms with Gasteiger partial charge in [-0.25, -0.2) is 0 Å². The van der Waals surface area contributed by atoms with Crippen LogP contribution in [0.3, 0.4) is 0 Å². The predicted molar refractivity (Wildman–Crippen MR) is 64.0 cm³/mol. The lowest BCUT2D eigenvalue weighted by molar-refractivity contribution is 0.313. The fourth-order valence-electron chi connectivity index (χ4n) is 1.74. The van der Waals surface area contributed by atoms with Gasteiger partial charge in [0.2, 0.25) is 0 Å². The second-order valence-corrected chi connectivity index (χ2v) is 4.56. The SMILES string of the molecule is CN1CCN(c2c(Cl)cncc2Cl)CC1. The quantitative estimate of drug-likeness (QED) is 0.756. The summed E-state index contributed by atoms with van der Waals surface area (Å²) in [5.41, 5.74) is 0.918. The van der Waals surface area contributed by atoms with Crippen LogP contribution in [0.4, 0.5) is 5.69 Å². The summed E-state index contributed by atoms with van der Waals surface area (Å²) in [5.74, 6) is 0. The maximum Gasteiger partial charge on any atom is 0.0838 e. The van der Waals surface area contributed by atoms with Crippen LogP contribution >= 0.6 is 23.2 Å². The van der Waals surface area contributed by atoms with Crippen molar-refractivity contribution in [3.63, 3.8) is 0 Å². The van der Waals surface area contributed by atoms with Gasteiger partial charge in [-0.2, -0.15) is 0 Å². The van der Waals surface area contributed by atoms with Crippen LogP contribution in [0, 0.1) is 0 Å². The monoisotopic (exact) mass is 245 g/mol. The Morgan fingerprint density at radius 1 is 1.07 bits per heavy atom. The fraction of sp³-hybridized carbons (Fsp3) is 0.500. The number of pyridine rings is 1. The first-order valence-corrected chi connectivity index (χ1v) is 5.66. The van der Waals surface area contributed by atoms with Crippen LogP contribution in [0.1, 0.15) is 0 Å². The summed E-state index contributed by atoms with van der Waals surface area (Å²) in [5, 5.41) is 1.26. The van der Waals surface area contributed by atoms with Crippen LogP contribution in [0.2, 0.25) is 10.0 Å². The Labute approximate surface area is 99.6 Å². The lowest BCUT2D eigenvalue weighted by Gasteiger charge is -2.34. The minimum atomic E-state index is 0.632. The number of nitrogens with zero attached hydrogens (tertiary/aromatic N) is 3. The molecule has 2 heterocycles. The highest BCUT2D eigenvalue weighted by Gasteiger charge is 2.18. The molecule has 0 radical (unpaired) electrons. The van der Waals surface area contributed by atoms with Crippen LogP contribution in [0.25, 0.3) is 0 Å². The van der Waals surface area contributed by atoms with E-state index in [0.29, 0.717) is 10.0 Å². The molecule has 5 heteroatoms. The van der Waals surface area contributed by atoms with E-state index in [0.717, 1.165) is 31.9 Å². The van der Waals surface area contributed by atoms with E-state index in [1.807, 2.05) is 0 Å². The molecule has 1 aromatic heterocycles. The Balaban J connectivity index is 2.22. The van der Waals surface area contributed by atoms with E-state index in [1.54, 1.807) is 12.4 Å². The van der Waals surface area contributed by atoms with Gasteiger partial charge in [0, 0.05) is 38.6 Å². The van der Waals surface area contributed by atoms with Gasteiger partial charge in [-0.1, -0.05) is 23.2 Å². The predicted octanol–water partition coefficient (Wildman–Crippen LogP) is 2.14. The largest absolute Gasteiger partial charge is 0.366 e. The van der Waals surface area contributed by atoms with Crippen molar-refractivity contribution < 1.29 is 0 Å². The molecule has 0 unspecified atom stereocenters. The van der Waals surface area contributed by atoms with E-state index in [4.69, 9.17) is 23.2 Å². The smallest absolute Gasteiger partial charge is 0.0838 e. The summed E-state index contributed by atoms with van der Waals surface area (Å²) in [4.78, 5) is 8.46. The average Bonchev–Trinajstić information content (AvgIpc) is 2.20. The number of likely N-dealkylation sites (N-methyl/N-ethyl adjacent to an activating group) is 1. The van der Waals surface area contributed by atoms with Gasteiger partial charge in [-0.15, -0.1) is 0 Å². The highest BCUT2D eigenvalue weighted by molar-refractivity contribution is 6.38. The highest BCUT2D eigenvalue weighted by Crippen LogP contribution is 2.32. The molecule has 0 spiro atoms. The zero-order valence-corrected chi connectivity index (χ0v) is 10.1. The van der Waals surface area contributed by atoms with E-state index in [2.05, 4.69) is 21.8 Å². The van der Waals surface area contributed by atoms with Crippen molar-refractivity contribution in [1.82, 2.24) is 9.88 Å². The van der Waals surface area contributed by atoms with Gasteiger partial charge in [0.25, 0.3) is 0 Å². The molecule has 3 nitrogen and oxygen atoms in total. The Kier molecular flexibility index (Phi) is 3.34. The molecule has 0 amide bonds. The number of anilines is 1. The molecular weight excluding hydrogens is 233 g/mol. The Morgan fingerprint density at radius 2 is 1.60 bits per heavy atom. The molecule has 1 saturated heterocycles. The van der Waals surface area contributed by atoms with Crippen LogP contribution < -0.4 is 4.90 Å². The van der Waals surface area contributed by atoms with Crippen LogP contribution in [0.5, 0.6) is 0 Å². The van der Waals surface area contributed by atoms with Gasteiger partial charge in [-0.05, 0) is 7.05 Å². The molecule has 1 aromatic rings. The van der Waals surface area contributed by atoms with Crippen molar-refractivity contribution in [3.8, 4) is 0 Å².